The molecule has 38 heavy (non-hydrogen) atoms. The summed E-state index contributed by atoms with van der Waals surface area (Å²) in [6.07, 6.45) is 3.08. The van der Waals surface area contributed by atoms with Crippen LogP contribution in [0.15, 0.2) is 42.7 Å². The fraction of sp³-hybridized carbons (Fsp3) is 0.429. The van der Waals surface area contributed by atoms with Gasteiger partial charge in [-0.2, -0.15) is 0 Å². The van der Waals surface area contributed by atoms with Gasteiger partial charge in [0.1, 0.15) is 29.7 Å². The average molecular weight is 521 g/mol. The monoisotopic (exact) mass is 520 g/mol. The molecule has 1 amide bonds. The van der Waals surface area contributed by atoms with Gasteiger partial charge in [0, 0.05) is 57.2 Å². The smallest absolute Gasteiger partial charge is 0.282 e. The van der Waals surface area contributed by atoms with Crippen LogP contribution in [-0.2, 0) is 13.1 Å². The molecule has 10 heteroatoms. The second-order valence-corrected chi connectivity index (χ2v) is 9.82. The highest BCUT2D eigenvalue weighted by Crippen LogP contribution is 2.34. The Kier molecular flexibility index (Phi) is 7.69. The van der Waals surface area contributed by atoms with Crippen molar-refractivity contribution in [1.82, 2.24) is 25.4 Å². The van der Waals surface area contributed by atoms with Crippen LogP contribution in [0.2, 0.25) is 0 Å². The SMILES string of the molecule is CCN(C(=O)c1cc(F)ccc1Oc1nncnc1N1CCC(Oc2cccc3c2CNC3)CC1)C(C)C. The molecule has 0 bridgehead atoms. The summed E-state index contributed by atoms with van der Waals surface area (Å²) < 4.78 is 26.6. The lowest BCUT2D eigenvalue weighted by Crippen LogP contribution is -2.39. The molecule has 0 radical (unpaired) electrons. The minimum atomic E-state index is -0.514. The lowest BCUT2D eigenvalue weighted by molar-refractivity contribution is 0.0713. The molecular weight excluding hydrogens is 487 g/mol. The number of ether oxygens (including phenoxy) is 2. The van der Waals surface area contributed by atoms with Gasteiger partial charge < -0.3 is 24.6 Å². The molecule has 2 aliphatic heterocycles. The molecule has 2 aromatic carbocycles. The summed E-state index contributed by atoms with van der Waals surface area (Å²) in [5.41, 5.74) is 2.67. The second kappa shape index (κ2) is 11.3. The maximum atomic E-state index is 14.2. The zero-order chi connectivity index (χ0) is 26.6. The van der Waals surface area contributed by atoms with Gasteiger partial charge in [0.2, 0.25) is 0 Å². The Morgan fingerprint density at radius 3 is 2.76 bits per heavy atom. The Balaban J connectivity index is 1.31. The van der Waals surface area contributed by atoms with Crippen LogP contribution >= 0.6 is 0 Å². The van der Waals surface area contributed by atoms with E-state index < -0.39 is 5.82 Å². The second-order valence-electron chi connectivity index (χ2n) is 9.82. The summed E-state index contributed by atoms with van der Waals surface area (Å²) in [5.74, 6) is 1.05. The van der Waals surface area contributed by atoms with Gasteiger partial charge in [0.25, 0.3) is 11.8 Å². The van der Waals surface area contributed by atoms with Crippen LogP contribution in [0, 0.1) is 5.82 Å². The molecule has 3 aromatic rings. The minimum absolute atomic E-state index is 0.0471. The van der Waals surface area contributed by atoms with Crippen LogP contribution < -0.4 is 19.7 Å². The number of amides is 1. The number of nitrogens with one attached hydrogen (secondary N) is 1. The molecule has 2 aliphatic rings. The Hall–Kier alpha value is -3.79. The first-order valence-electron chi connectivity index (χ1n) is 13.1. The summed E-state index contributed by atoms with van der Waals surface area (Å²) in [4.78, 5) is 21.4. The Morgan fingerprint density at radius 2 is 2.00 bits per heavy atom. The van der Waals surface area contributed by atoms with Gasteiger partial charge in [-0.3, -0.25) is 4.79 Å². The quantitative estimate of drug-likeness (QED) is 0.469. The highest BCUT2D eigenvalue weighted by molar-refractivity contribution is 5.97. The maximum absolute atomic E-state index is 14.2. The summed E-state index contributed by atoms with van der Waals surface area (Å²) >= 11 is 0. The Labute approximate surface area is 222 Å². The molecule has 1 fully saturated rings. The van der Waals surface area contributed by atoms with Crippen molar-refractivity contribution in [3.8, 4) is 17.4 Å². The molecule has 0 unspecified atom stereocenters. The lowest BCUT2D eigenvalue weighted by atomic mass is 10.1. The molecule has 0 spiro atoms. The number of benzene rings is 2. The highest BCUT2D eigenvalue weighted by atomic mass is 19.1. The third-order valence-electron chi connectivity index (χ3n) is 7.06. The molecular formula is C28H33FN6O3. The number of piperidine rings is 1. The van der Waals surface area contributed by atoms with Crippen LogP contribution in [0.1, 0.15) is 55.1 Å². The number of anilines is 1. The van der Waals surface area contributed by atoms with E-state index in [-0.39, 0.29) is 35.2 Å². The van der Waals surface area contributed by atoms with Gasteiger partial charge in [0.15, 0.2) is 5.82 Å². The molecule has 1 aromatic heterocycles. The van der Waals surface area contributed by atoms with Crippen LogP contribution in [0.25, 0.3) is 0 Å². The van der Waals surface area contributed by atoms with Crippen molar-refractivity contribution in [3.05, 3.63) is 65.2 Å². The van der Waals surface area contributed by atoms with Crippen molar-refractivity contribution in [2.24, 2.45) is 0 Å². The third kappa shape index (κ3) is 5.40. The number of hydrogen-bond donors (Lipinski definition) is 1. The first-order chi connectivity index (χ1) is 18.4. The van der Waals surface area contributed by atoms with Gasteiger partial charge in [-0.25, -0.2) is 9.37 Å². The van der Waals surface area contributed by atoms with Gasteiger partial charge >= 0.3 is 0 Å². The number of hydrogen-bond acceptors (Lipinski definition) is 8. The summed E-state index contributed by atoms with van der Waals surface area (Å²) in [6.45, 7) is 9.31. The Bertz CT molecular complexity index is 1300. The topological polar surface area (TPSA) is 92.7 Å². The number of aromatic nitrogens is 3. The van der Waals surface area contributed by atoms with Crippen molar-refractivity contribution in [2.45, 2.75) is 58.8 Å². The Morgan fingerprint density at radius 1 is 1.18 bits per heavy atom. The number of fused-ring (bicyclic) bond motifs is 1. The van der Waals surface area contributed by atoms with Crippen LogP contribution in [0.3, 0.4) is 0 Å². The van der Waals surface area contributed by atoms with Gasteiger partial charge in [0.05, 0.1) is 5.56 Å². The van der Waals surface area contributed by atoms with Crippen molar-refractivity contribution in [1.29, 1.82) is 0 Å². The number of rotatable bonds is 8. The number of halogens is 1. The van der Waals surface area contributed by atoms with Crippen LogP contribution in [0.5, 0.6) is 17.4 Å². The zero-order valence-electron chi connectivity index (χ0n) is 22.0. The fourth-order valence-corrected chi connectivity index (χ4v) is 5.08. The predicted octanol–water partition coefficient (Wildman–Crippen LogP) is 4.32. The van der Waals surface area contributed by atoms with Gasteiger partial charge in [-0.05, 0) is 50.6 Å². The first-order valence-corrected chi connectivity index (χ1v) is 13.1. The average Bonchev–Trinajstić information content (AvgIpc) is 3.41. The highest BCUT2D eigenvalue weighted by Gasteiger charge is 2.28. The third-order valence-corrected chi connectivity index (χ3v) is 7.06. The number of carbonyl (C=O) groups excluding carboxylic acids is 1. The largest absolute Gasteiger partial charge is 0.490 e. The maximum Gasteiger partial charge on any atom is 0.282 e. The number of nitrogens with zero attached hydrogens (tertiary/aromatic N) is 5. The molecule has 0 saturated carbocycles. The lowest BCUT2D eigenvalue weighted by Gasteiger charge is -2.33. The van der Waals surface area contributed by atoms with Crippen LogP contribution in [-0.4, -0.2) is 57.8 Å². The molecule has 9 nitrogen and oxygen atoms in total. The molecule has 1 N–H and O–H groups in total. The molecule has 1 saturated heterocycles. The van der Waals surface area contributed by atoms with E-state index in [9.17, 15) is 9.18 Å². The van der Waals surface area contributed by atoms with E-state index in [0.29, 0.717) is 25.5 Å². The molecule has 3 heterocycles. The zero-order valence-corrected chi connectivity index (χ0v) is 22.0. The van der Waals surface area contributed by atoms with Crippen molar-refractivity contribution >= 4 is 11.7 Å². The minimum Gasteiger partial charge on any atom is -0.490 e. The van der Waals surface area contributed by atoms with Gasteiger partial charge in [-0.15, -0.1) is 10.2 Å². The fourth-order valence-electron chi connectivity index (χ4n) is 5.08. The molecule has 5 rings (SSSR count). The molecule has 0 aliphatic carbocycles. The molecule has 0 atom stereocenters. The van der Waals surface area contributed by atoms with E-state index in [1.807, 2.05) is 32.9 Å². The summed E-state index contributed by atoms with van der Waals surface area (Å²) in [5, 5.41) is 11.4. The van der Waals surface area contributed by atoms with E-state index in [1.165, 1.54) is 35.7 Å². The standard InChI is InChI=1S/C28H33FN6O3/c1-4-35(18(2)3)28(36)22-14-20(29)8-9-25(22)38-27-26(31-17-32-33-27)34-12-10-21(11-13-34)37-24-7-5-6-19-15-30-16-23(19)24/h5-9,14,17-18,21,30H,4,10-13,15-16H2,1-3H3. The van der Waals surface area contributed by atoms with Gasteiger partial charge in [-0.1, -0.05) is 12.1 Å². The van der Waals surface area contributed by atoms with E-state index >= 15 is 0 Å². The summed E-state index contributed by atoms with van der Waals surface area (Å²) in [6, 6.07) is 10.1. The summed E-state index contributed by atoms with van der Waals surface area (Å²) in [7, 11) is 0. The van der Waals surface area contributed by atoms with E-state index in [2.05, 4.69) is 31.5 Å². The van der Waals surface area contributed by atoms with E-state index in [0.717, 1.165) is 31.7 Å². The van der Waals surface area contributed by atoms with Crippen molar-refractivity contribution in [2.75, 3.05) is 24.5 Å². The first kappa shape index (κ1) is 25.8. The van der Waals surface area contributed by atoms with E-state index in [1.54, 1.807) is 4.90 Å². The van der Waals surface area contributed by atoms with Crippen LogP contribution in [0.4, 0.5) is 10.2 Å². The van der Waals surface area contributed by atoms with E-state index in [4.69, 9.17) is 9.47 Å². The number of carbonyl (C=O) groups is 1. The van der Waals surface area contributed by atoms with Crippen molar-refractivity contribution in [3.63, 3.8) is 0 Å². The van der Waals surface area contributed by atoms with Crippen molar-refractivity contribution < 1.29 is 18.7 Å². The normalized spacial score (nSPS) is 15.4. The molecule has 200 valence electrons. The predicted molar refractivity (Wildman–Crippen MR) is 141 cm³/mol.